The molecule has 0 saturated carbocycles. The van der Waals surface area contributed by atoms with E-state index in [-0.39, 0.29) is 34.7 Å². The summed E-state index contributed by atoms with van der Waals surface area (Å²) in [6.45, 7) is 5.37. The third-order valence-corrected chi connectivity index (χ3v) is 6.76. The van der Waals surface area contributed by atoms with Crippen LogP contribution in [0.4, 0.5) is 0 Å². The predicted octanol–water partition coefficient (Wildman–Crippen LogP) is 1.14. The number of piperidine rings is 1. The van der Waals surface area contributed by atoms with E-state index in [2.05, 4.69) is 5.32 Å². The lowest BCUT2D eigenvalue weighted by Crippen LogP contribution is -2.53. The molecule has 0 spiro atoms. The van der Waals surface area contributed by atoms with Crippen molar-refractivity contribution in [1.29, 1.82) is 0 Å². The summed E-state index contributed by atoms with van der Waals surface area (Å²) in [5, 5.41) is 2.75. The SMILES string of the molecule is CC1(C)CN(S(=O)(=O)c2ccc3c(c2)C(=O)NCC3)CCC1N.Cl. The molecule has 0 bridgehead atoms. The van der Waals surface area contributed by atoms with Crippen LogP contribution in [0.3, 0.4) is 0 Å². The van der Waals surface area contributed by atoms with E-state index in [0.29, 0.717) is 31.6 Å². The summed E-state index contributed by atoms with van der Waals surface area (Å²) in [5.41, 5.74) is 7.18. The van der Waals surface area contributed by atoms with Gasteiger partial charge in [0.1, 0.15) is 0 Å². The summed E-state index contributed by atoms with van der Waals surface area (Å²) in [4.78, 5) is 12.1. The van der Waals surface area contributed by atoms with E-state index >= 15 is 0 Å². The Morgan fingerprint density at radius 3 is 2.71 bits per heavy atom. The second-order valence-electron chi connectivity index (χ2n) is 7.05. The van der Waals surface area contributed by atoms with Gasteiger partial charge in [-0.1, -0.05) is 19.9 Å². The van der Waals surface area contributed by atoms with Crippen LogP contribution in [0.2, 0.25) is 0 Å². The number of amides is 1. The van der Waals surface area contributed by atoms with E-state index in [4.69, 9.17) is 5.73 Å². The zero-order valence-electron chi connectivity index (χ0n) is 13.9. The topological polar surface area (TPSA) is 92.5 Å². The van der Waals surface area contributed by atoms with Crippen molar-refractivity contribution in [2.75, 3.05) is 19.6 Å². The average Bonchev–Trinajstić information content (AvgIpc) is 2.50. The van der Waals surface area contributed by atoms with Crippen LogP contribution >= 0.6 is 12.4 Å². The van der Waals surface area contributed by atoms with Crippen molar-refractivity contribution >= 4 is 28.3 Å². The fraction of sp³-hybridized carbons (Fsp3) is 0.562. The van der Waals surface area contributed by atoms with E-state index < -0.39 is 10.0 Å². The van der Waals surface area contributed by atoms with Crippen LogP contribution < -0.4 is 11.1 Å². The molecule has 2 aliphatic rings. The Morgan fingerprint density at radius 2 is 2.04 bits per heavy atom. The Kier molecular flexibility index (Phi) is 5.30. The van der Waals surface area contributed by atoms with E-state index in [1.165, 1.54) is 10.4 Å². The highest BCUT2D eigenvalue weighted by molar-refractivity contribution is 7.89. The first-order chi connectivity index (χ1) is 10.7. The standard InChI is InChI=1S/C16H23N3O3S.ClH/c1-16(2)10-19(8-6-14(16)17)23(21,22)12-4-3-11-5-7-18-15(20)13(11)9-12;/h3-4,9,14H,5-8,10,17H2,1-2H3,(H,18,20);1H. The monoisotopic (exact) mass is 373 g/mol. The first kappa shape index (κ1) is 19.2. The molecule has 3 rings (SSSR count). The number of halogens is 1. The Balaban J connectivity index is 0.00000208. The molecule has 2 aliphatic heterocycles. The van der Waals surface area contributed by atoms with Crippen molar-refractivity contribution in [3.63, 3.8) is 0 Å². The average molecular weight is 374 g/mol. The highest BCUT2D eigenvalue weighted by atomic mass is 35.5. The lowest BCUT2D eigenvalue weighted by atomic mass is 9.81. The zero-order valence-corrected chi connectivity index (χ0v) is 15.5. The molecule has 1 unspecified atom stereocenters. The number of nitrogens with two attached hydrogens (primary N) is 1. The first-order valence-corrected chi connectivity index (χ1v) is 9.33. The maximum Gasteiger partial charge on any atom is 0.251 e. The highest BCUT2D eigenvalue weighted by Crippen LogP contribution is 2.31. The Labute approximate surface area is 149 Å². The molecular formula is C16H24ClN3O3S. The molecule has 0 aliphatic carbocycles. The van der Waals surface area contributed by atoms with Gasteiger partial charge in [0.2, 0.25) is 10.0 Å². The van der Waals surface area contributed by atoms with Crippen LogP contribution in [-0.4, -0.2) is 44.3 Å². The third-order valence-electron chi connectivity index (χ3n) is 4.92. The molecule has 2 heterocycles. The van der Waals surface area contributed by atoms with Crippen LogP contribution in [0, 0.1) is 5.41 Å². The van der Waals surface area contributed by atoms with Crippen LogP contribution in [0.1, 0.15) is 36.2 Å². The van der Waals surface area contributed by atoms with Gasteiger partial charge in [-0.2, -0.15) is 4.31 Å². The molecule has 1 saturated heterocycles. The van der Waals surface area contributed by atoms with Crippen molar-refractivity contribution in [3.8, 4) is 0 Å². The maximum absolute atomic E-state index is 12.9. The number of hydrogen-bond donors (Lipinski definition) is 2. The Morgan fingerprint density at radius 1 is 1.33 bits per heavy atom. The molecular weight excluding hydrogens is 350 g/mol. The fourth-order valence-electron chi connectivity index (χ4n) is 3.23. The molecule has 8 heteroatoms. The highest BCUT2D eigenvalue weighted by Gasteiger charge is 2.39. The minimum absolute atomic E-state index is 0. The summed E-state index contributed by atoms with van der Waals surface area (Å²) >= 11 is 0. The molecule has 3 N–H and O–H groups in total. The number of fused-ring (bicyclic) bond motifs is 1. The van der Waals surface area contributed by atoms with Crippen LogP contribution in [0.5, 0.6) is 0 Å². The summed E-state index contributed by atoms with van der Waals surface area (Å²) in [7, 11) is -3.62. The summed E-state index contributed by atoms with van der Waals surface area (Å²) in [6.07, 6.45) is 1.37. The summed E-state index contributed by atoms with van der Waals surface area (Å²) in [5.74, 6) is -0.204. The number of carbonyl (C=O) groups excluding carboxylic acids is 1. The van der Waals surface area contributed by atoms with Gasteiger partial charge in [0.15, 0.2) is 0 Å². The van der Waals surface area contributed by atoms with Crippen molar-refractivity contribution in [3.05, 3.63) is 29.3 Å². The molecule has 24 heavy (non-hydrogen) atoms. The van der Waals surface area contributed by atoms with Gasteiger partial charge in [-0.3, -0.25) is 4.79 Å². The normalized spacial score (nSPS) is 23.8. The van der Waals surface area contributed by atoms with Crippen LogP contribution in [0.15, 0.2) is 23.1 Å². The molecule has 1 atom stereocenters. The zero-order chi connectivity index (χ0) is 16.8. The van der Waals surface area contributed by atoms with Crippen molar-refractivity contribution in [2.24, 2.45) is 11.1 Å². The quantitative estimate of drug-likeness (QED) is 0.813. The molecule has 134 valence electrons. The van der Waals surface area contributed by atoms with Gasteiger partial charge in [-0.05, 0) is 36.0 Å². The molecule has 0 radical (unpaired) electrons. The Hall–Kier alpha value is -1.15. The van der Waals surface area contributed by atoms with Gasteiger partial charge in [0, 0.05) is 31.2 Å². The minimum atomic E-state index is -3.62. The largest absolute Gasteiger partial charge is 0.352 e. The Bertz CT molecular complexity index is 749. The van der Waals surface area contributed by atoms with E-state index in [0.717, 1.165) is 12.0 Å². The number of hydrogen-bond acceptors (Lipinski definition) is 4. The number of nitrogens with one attached hydrogen (secondary N) is 1. The summed E-state index contributed by atoms with van der Waals surface area (Å²) in [6, 6.07) is 4.85. The van der Waals surface area contributed by atoms with Gasteiger partial charge < -0.3 is 11.1 Å². The van der Waals surface area contributed by atoms with E-state index in [1.54, 1.807) is 12.1 Å². The molecule has 1 aromatic carbocycles. The second-order valence-corrected chi connectivity index (χ2v) is 8.99. The lowest BCUT2D eigenvalue weighted by Gasteiger charge is -2.41. The number of carbonyl (C=O) groups is 1. The van der Waals surface area contributed by atoms with Crippen molar-refractivity contribution < 1.29 is 13.2 Å². The van der Waals surface area contributed by atoms with Gasteiger partial charge >= 0.3 is 0 Å². The lowest BCUT2D eigenvalue weighted by molar-refractivity contribution is 0.0945. The number of benzene rings is 1. The number of rotatable bonds is 2. The second kappa shape index (κ2) is 6.63. The first-order valence-electron chi connectivity index (χ1n) is 7.89. The molecule has 1 fully saturated rings. The van der Waals surface area contributed by atoms with Gasteiger partial charge in [0.05, 0.1) is 4.90 Å². The molecule has 0 aromatic heterocycles. The third kappa shape index (κ3) is 3.31. The molecule has 6 nitrogen and oxygen atoms in total. The van der Waals surface area contributed by atoms with Crippen LogP contribution in [0.25, 0.3) is 0 Å². The van der Waals surface area contributed by atoms with Gasteiger partial charge in [-0.25, -0.2) is 8.42 Å². The summed E-state index contributed by atoms with van der Waals surface area (Å²) < 4.78 is 27.3. The smallest absolute Gasteiger partial charge is 0.251 e. The predicted molar refractivity (Wildman–Crippen MR) is 94.9 cm³/mol. The van der Waals surface area contributed by atoms with Crippen LogP contribution in [-0.2, 0) is 16.4 Å². The molecule has 1 aromatic rings. The van der Waals surface area contributed by atoms with E-state index in [9.17, 15) is 13.2 Å². The number of sulfonamides is 1. The minimum Gasteiger partial charge on any atom is -0.352 e. The van der Waals surface area contributed by atoms with Gasteiger partial charge in [0.25, 0.3) is 5.91 Å². The van der Waals surface area contributed by atoms with Crippen molar-refractivity contribution in [1.82, 2.24) is 9.62 Å². The molecule has 1 amide bonds. The maximum atomic E-state index is 12.9. The van der Waals surface area contributed by atoms with Gasteiger partial charge in [-0.15, -0.1) is 12.4 Å². The van der Waals surface area contributed by atoms with Crippen molar-refractivity contribution in [2.45, 2.75) is 37.6 Å². The number of nitrogens with zero attached hydrogens (tertiary/aromatic N) is 1. The fourth-order valence-corrected chi connectivity index (χ4v) is 4.88. The van der Waals surface area contributed by atoms with E-state index in [1.807, 2.05) is 13.8 Å².